The van der Waals surface area contributed by atoms with Crippen LogP contribution < -0.4 is 10.1 Å². The van der Waals surface area contributed by atoms with Crippen LogP contribution in [0.2, 0.25) is 0 Å². The summed E-state index contributed by atoms with van der Waals surface area (Å²) < 4.78 is 12.8. The zero-order valence-corrected chi connectivity index (χ0v) is 22.9. The molecule has 200 valence electrons. The Hall–Kier alpha value is -4.04. The van der Waals surface area contributed by atoms with E-state index in [0.717, 1.165) is 29.8 Å². The van der Waals surface area contributed by atoms with Crippen molar-refractivity contribution in [1.82, 2.24) is 9.47 Å². The third-order valence-corrected chi connectivity index (χ3v) is 8.84. The van der Waals surface area contributed by atoms with Gasteiger partial charge in [0.2, 0.25) is 0 Å². The molecule has 6 rings (SSSR count). The average Bonchev–Trinajstić information content (AvgIpc) is 3.55. The molecule has 0 bridgehead atoms. The van der Waals surface area contributed by atoms with Crippen molar-refractivity contribution >= 4 is 29.0 Å². The van der Waals surface area contributed by atoms with Crippen LogP contribution in [0.5, 0.6) is 5.75 Å². The highest BCUT2D eigenvalue weighted by molar-refractivity contribution is 7.15. The minimum atomic E-state index is -0.411. The van der Waals surface area contributed by atoms with Crippen molar-refractivity contribution in [2.45, 2.75) is 45.2 Å². The lowest BCUT2D eigenvalue weighted by Crippen LogP contribution is -2.38. The number of aromatic nitrogens is 1. The van der Waals surface area contributed by atoms with E-state index in [0.29, 0.717) is 24.4 Å². The van der Waals surface area contributed by atoms with Crippen LogP contribution in [-0.4, -0.2) is 35.2 Å². The number of carbonyl (C=O) groups excluding carboxylic acids is 2. The lowest BCUT2D eigenvalue weighted by molar-refractivity contribution is 0.0600. The quantitative estimate of drug-likeness (QED) is 0.284. The van der Waals surface area contributed by atoms with E-state index in [1.54, 1.807) is 24.3 Å². The van der Waals surface area contributed by atoms with Crippen molar-refractivity contribution in [1.29, 1.82) is 0 Å². The number of amides is 2. The predicted molar refractivity (Wildman–Crippen MR) is 152 cm³/mol. The summed E-state index contributed by atoms with van der Waals surface area (Å²) in [6.45, 7) is 3.07. The molecule has 4 aromatic rings. The van der Waals surface area contributed by atoms with Crippen LogP contribution in [0, 0.1) is 0 Å². The summed E-state index contributed by atoms with van der Waals surface area (Å²) in [4.78, 5) is 29.3. The number of esters is 1. The van der Waals surface area contributed by atoms with Crippen molar-refractivity contribution in [3.63, 3.8) is 0 Å². The number of methoxy groups -OCH3 is 1. The van der Waals surface area contributed by atoms with Crippen LogP contribution >= 0.6 is 11.3 Å². The Balaban J connectivity index is 1.42. The summed E-state index contributed by atoms with van der Waals surface area (Å²) in [6, 6.07) is 18.5. The minimum Gasteiger partial charge on any atom is -0.494 e. The third-order valence-electron chi connectivity index (χ3n) is 7.50. The topological polar surface area (TPSA) is 72.8 Å². The van der Waals surface area contributed by atoms with Crippen LogP contribution in [-0.2, 0) is 24.1 Å². The summed E-state index contributed by atoms with van der Waals surface area (Å²) >= 11 is 1.87. The number of aryl methyl sites for hydroxylation is 1. The molecule has 8 heteroatoms. The highest BCUT2D eigenvalue weighted by Crippen LogP contribution is 2.44. The number of hydrogen-bond acceptors (Lipinski definition) is 5. The minimum absolute atomic E-state index is 0.198. The lowest BCUT2D eigenvalue weighted by atomic mass is 9.95. The fourth-order valence-corrected chi connectivity index (χ4v) is 7.06. The Labute approximate surface area is 232 Å². The number of anilines is 1. The van der Waals surface area contributed by atoms with E-state index in [4.69, 9.17) is 9.47 Å². The zero-order valence-electron chi connectivity index (χ0n) is 22.1. The van der Waals surface area contributed by atoms with E-state index in [2.05, 4.69) is 28.2 Å². The summed E-state index contributed by atoms with van der Waals surface area (Å²) in [5.74, 6) is 0.395. The molecule has 1 aliphatic carbocycles. The van der Waals surface area contributed by atoms with Crippen LogP contribution in [0.15, 0.2) is 66.9 Å². The molecule has 1 aliphatic heterocycles. The molecular weight excluding hydrogens is 510 g/mol. The highest BCUT2D eigenvalue weighted by Gasteiger charge is 2.36. The van der Waals surface area contributed by atoms with Gasteiger partial charge in [0.1, 0.15) is 10.8 Å². The van der Waals surface area contributed by atoms with Crippen molar-refractivity contribution in [3.05, 3.63) is 99.7 Å². The molecule has 0 saturated carbocycles. The van der Waals surface area contributed by atoms with Crippen molar-refractivity contribution < 1.29 is 19.1 Å². The first kappa shape index (κ1) is 25.2. The van der Waals surface area contributed by atoms with Gasteiger partial charge in [0.15, 0.2) is 0 Å². The van der Waals surface area contributed by atoms with E-state index in [1.807, 2.05) is 47.4 Å². The van der Waals surface area contributed by atoms with Gasteiger partial charge in [-0.2, -0.15) is 0 Å². The molecule has 2 aliphatic rings. The van der Waals surface area contributed by atoms with Crippen LogP contribution in [0.3, 0.4) is 0 Å². The third kappa shape index (κ3) is 4.69. The molecule has 0 unspecified atom stereocenters. The first-order chi connectivity index (χ1) is 19.1. The zero-order chi connectivity index (χ0) is 26.9. The lowest BCUT2D eigenvalue weighted by Gasteiger charge is -2.31. The fourth-order valence-electron chi connectivity index (χ4n) is 5.65. The van der Waals surface area contributed by atoms with Crippen molar-refractivity contribution in [3.8, 4) is 10.8 Å². The van der Waals surface area contributed by atoms with Gasteiger partial charge in [0.05, 0.1) is 37.6 Å². The predicted octanol–water partition coefficient (Wildman–Crippen LogP) is 6.74. The first-order valence-corrected chi connectivity index (χ1v) is 14.2. The molecule has 1 atom stereocenters. The van der Waals surface area contributed by atoms with E-state index in [9.17, 15) is 9.59 Å². The highest BCUT2D eigenvalue weighted by atomic mass is 32.1. The number of hydrogen-bond donors (Lipinski definition) is 1. The standard InChI is InChI=1S/C31H31N3O4S/c1-3-38-23-16-12-20(13-17-23)28-26-8-6-18-33(26)29-25(24-7-4-5-9-27(24)39-29)19-34(28)31(36)32-22-14-10-21(11-15-22)30(35)37-2/h6,8,10-18,28H,3-5,7,9,19H2,1-2H3,(H,32,36)/t28-/m0/s1. The van der Waals surface area contributed by atoms with Gasteiger partial charge in [-0.1, -0.05) is 12.1 Å². The molecule has 0 saturated heterocycles. The fraction of sp³-hybridized carbons (Fsp3) is 0.290. The Morgan fingerprint density at radius 1 is 1.00 bits per heavy atom. The van der Waals surface area contributed by atoms with Gasteiger partial charge in [0.25, 0.3) is 0 Å². The van der Waals surface area contributed by atoms with E-state index in [-0.39, 0.29) is 12.1 Å². The maximum Gasteiger partial charge on any atom is 0.337 e. The van der Waals surface area contributed by atoms with Crippen LogP contribution in [0.25, 0.3) is 5.00 Å². The number of nitrogens with zero attached hydrogens (tertiary/aromatic N) is 2. The van der Waals surface area contributed by atoms with Gasteiger partial charge in [-0.3, -0.25) is 0 Å². The normalized spacial score (nSPS) is 15.9. The smallest absolute Gasteiger partial charge is 0.337 e. The summed E-state index contributed by atoms with van der Waals surface area (Å²) in [5.41, 5.74) is 5.77. The second-order valence-electron chi connectivity index (χ2n) is 9.83. The van der Waals surface area contributed by atoms with E-state index < -0.39 is 5.97 Å². The van der Waals surface area contributed by atoms with Gasteiger partial charge < -0.3 is 24.3 Å². The number of carbonyl (C=O) groups is 2. The average molecular weight is 542 g/mol. The van der Waals surface area contributed by atoms with Gasteiger partial charge in [-0.05, 0) is 92.3 Å². The molecular formula is C31H31N3O4S. The molecule has 2 aromatic heterocycles. The number of benzene rings is 2. The Kier molecular flexibility index (Phi) is 6.87. The molecule has 0 radical (unpaired) electrons. The van der Waals surface area contributed by atoms with E-state index in [1.165, 1.54) is 41.0 Å². The van der Waals surface area contributed by atoms with Gasteiger partial charge >= 0.3 is 12.0 Å². The number of rotatable bonds is 5. The molecule has 2 amide bonds. The number of nitrogens with one attached hydrogen (secondary N) is 1. The van der Waals surface area contributed by atoms with Gasteiger partial charge in [0, 0.05) is 22.3 Å². The van der Waals surface area contributed by atoms with Crippen LogP contribution in [0.4, 0.5) is 10.5 Å². The van der Waals surface area contributed by atoms with Crippen LogP contribution in [0.1, 0.15) is 63.4 Å². The second kappa shape index (κ2) is 10.6. The maximum absolute atomic E-state index is 14.1. The summed E-state index contributed by atoms with van der Waals surface area (Å²) in [5, 5.41) is 4.30. The summed E-state index contributed by atoms with van der Waals surface area (Å²) in [6.07, 6.45) is 6.66. The van der Waals surface area contributed by atoms with E-state index >= 15 is 0 Å². The van der Waals surface area contributed by atoms with Gasteiger partial charge in [-0.15, -0.1) is 11.3 Å². The molecule has 1 N–H and O–H groups in total. The Morgan fingerprint density at radius 2 is 1.77 bits per heavy atom. The molecule has 0 fully saturated rings. The largest absolute Gasteiger partial charge is 0.494 e. The number of thiophene rings is 1. The SMILES string of the molecule is CCOc1ccc([C@H]2c3cccn3-c3sc4c(c3CN2C(=O)Nc2ccc(C(=O)OC)cc2)CCCC4)cc1. The Morgan fingerprint density at radius 3 is 2.51 bits per heavy atom. The Bertz CT molecular complexity index is 1500. The first-order valence-electron chi connectivity index (χ1n) is 13.4. The number of urea groups is 1. The molecule has 3 heterocycles. The van der Waals surface area contributed by atoms with Crippen molar-refractivity contribution in [2.24, 2.45) is 0 Å². The maximum atomic E-state index is 14.1. The molecule has 0 spiro atoms. The van der Waals surface area contributed by atoms with Gasteiger partial charge in [-0.25, -0.2) is 9.59 Å². The number of ether oxygens (including phenoxy) is 2. The number of fused-ring (bicyclic) bond motifs is 5. The molecule has 7 nitrogen and oxygen atoms in total. The summed E-state index contributed by atoms with van der Waals surface area (Å²) in [7, 11) is 1.35. The molecule has 39 heavy (non-hydrogen) atoms. The molecule has 2 aromatic carbocycles. The second-order valence-corrected chi connectivity index (χ2v) is 10.9. The monoisotopic (exact) mass is 541 g/mol. The van der Waals surface area contributed by atoms with Crippen molar-refractivity contribution in [2.75, 3.05) is 19.0 Å².